The molecular formula is C15H26N4O. The molecule has 1 aliphatic heterocycles. The Bertz CT molecular complexity index is 428. The maximum absolute atomic E-state index is 9.29. The highest BCUT2D eigenvalue weighted by Crippen LogP contribution is 2.17. The first-order chi connectivity index (χ1) is 9.58. The monoisotopic (exact) mass is 278 g/mol. The summed E-state index contributed by atoms with van der Waals surface area (Å²) in [7, 11) is 4.23. The molecule has 20 heavy (non-hydrogen) atoms. The first-order valence-corrected chi connectivity index (χ1v) is 7.29. The molecule has 1 aromatic heterocycles. The Morgan fingerprint density at radius 3 is 2.50 bits per heavy atom. The SMILES string of the molecule is Cc1cc(CO)cc(N2CCN(CCN(C)C)CC2)n1. The molecule has 5 nitrogen and oxygen atoms in total. The number of aliphatic hydroxyl groups is 1. The molecule has 0 radical (unpaired) electrons. The number of hydrogen-bond acceptors (Lipinski definition) is 5. The van der Waals surface area contributed by atoms with E-state index in [0.717, 1.165) is 56.3 Å². The molecule has 0 bridgehead atoms. The minimum Gasteiger partial charge on any atom is -0.392 e. The van der Waals surface area contributed by atoms with Crippen LogP contribution in [0.1, 0.15) is 11.3 Å². The summed E-state index contributed by atoms with van der Waals surface area (Å²) >= 11 is 0. The van der Waals surface area contributed by atoms with Gasteiger partial charge < -0.3 is 14.9 Å². The van der Waals surface area contributed by atoms with E-state index in [4.69, 9.17) is 0 Å². The van der Waals surface area contributed by atoms with Crippen LogP contribution < -0.4 is 4.90 Å². The molecule has 0 amide bonds. The van der Waals surface area contributed by atoms with Crippen LogP contribution in [-0.4, -0.2) is 73.3 Å². The van der Waals surface area contributed by atoms with Crippen molar-refractivity contribution in [1.29, 1.82) is 0 Å². The second-order valence-corrected chi connectivity index (χ2v) is 5.77. The van der Waals surface area contributed by atoms with Crippen LogP contribution in [0.2, 0.25) is 0 Å². The molecule has 1 aliphatic rings. The quantitative estimate of drug-likeness (QED) is 0.853. The highest BCUT2D eigenvalue weighted by molar-refractivity contribution is 5.43. The van der Waals surface area contributed by atoms with Gasteiger partial charge >= 0.3 is 0 Å². The Morgan fingerprint density at radius 2 is 1.90 bits per heavy atom. The molecule has 0 atom stereocenters. The van der Waals surface area contributed by atoms with Crippen molar-refractivity contribution in [2.24, 2.45) is 0 Å². The summed E-state index contributed by atoms with van der Waals surface area (Å²) in [6, 6.07) is 3.94. The number of aryl methyl sites for hydroxylation is 1. The summed E-state index contributed by atoms with van der Waals surface area (Å²) in [4.78, 5) is 11.6. The van der Waals surface area contributed by atoms with E-state index >= 15 is 0 Å². The van der Waals surface area contributed by atoms with Gasteiger partial charge in [0.15, 0.2) is 0 Å². The predicted octanol–water partition coefficient (Wildman–Crippen LogP) is 0.566. The number of nitrogens with zero attached hydrogens (tertiary/aromatic N) is 4. The van der Waals surface area contributed by atoms with Crippen molar-refractivity contribution in [3.05, 3.63) is 23.4 Å². The third-order valence-corrected chi connectivity index (χ3v) is 3.74. The third-order valence-electron chi connectivity index (χ3n) is 3.74. The first-order valence-electron chi connectivity index (χ1n) is 7.29. The second-order valence-electron chi connectivity index (χ2n) is 5.77. The van der Waals surface area contributed by atoms with Crippen LogP contribution in [0.5, 0.6) is 0 Å². The van der Waals surface area contributed by atoms with E-state index in [1.165, 1.54) is 0 Å². The van der Waals surface area contributed by atoms with Crippen molar-refractivity contribution in [2.75, 3.05) is 58.3 Å². The Morgan fingerprint density at radius 1 is 1.20 bits per heavy atom. The van der Waals surface area contributed by atoms with E-state index < -0.39 is 0 Å². The Labute approximate surface area is 121 Å². The molecule has 0 spiro atoms. The highest BCUT2D eigenvalue weighted by atomic mass is 16.3. The van der Waals surface area contributed by atoms with Gasteiger partial charge in [0, 0.05) is 45.0 Å². The van der Waals surface area contributed by atoms with Crippen LogP contribution in [0.4, 0.5) is 5.82 Å². The molecule has 0 unspecified atom stereocenters. The van der Waals surface area contributed by atoms with Crippen LogP contribution in [0.15, 0.2) is 12.1 Å². The average molecular weight is 278 g/mol. The van der Waals surface area contributed by atoms with Crippen molar-refractivity contribution in [3.8, 4) is 0 Å². The van der Waals surface area contributed by atoms with E-state index in [0.29, 0.717) is 0 Å². The first kappa shape index (κ1) is 15.2. The summed E-state index contributed by atoms with van der Waals surface area (Å²) in [6.07, 6.45) is 0. The summed E-state index contributed by atoms with van der Waals surface area (Å²) in [6.45, 7) is 8.48. The summed E-state index contributed by atoms with van der Waals surface area (Å²) in [5, 5.41) is 9.29. The smallest absolute Gasteiger partial charge is 0.129 e. The van der Waals surface area contributed by atoms with Crippen molar-refractivity contribution in [2.45, 2.75) is 13.5 Å². The third kappa shape index (κ3) is 4.16. The van der Waals surface area contributed by atoms with Gasteiger partial charge in [0.25, 0.3) is 0 Å². The number of piperazine rings is 1. The molecule has 0 aliphatic carbocycles. The zero-order valence-corrected chi connectivity index (χ0v) is 12.8. The average Bonchev–Trinajstić information content (AvgIpc) is 2.45. The minimum atomic E-state index is 0.0825. The number of likely N-dealkylation sites (N-methyl/N-ethyl adjacent to an activating group) is 1. The minimum absolute atomic E-state index is 0.0825. The highest BCUT2D eigenvalue weighted by Gasteiger charge is 2.18. The van der Waals surface area contributed by atoms with Crippen molar-refractivity contribution >= 4 is 5.82 Å². The lowest BCUT2D eigenvalue weighted by molar-refractivity contribution is 0.229. The van der Waals surface area contributed by atoms with Crippen molar-refractivity contribution in [3.63, 3.8) is 0 Å². The fraction of sp³-hybridized carbons (Fsp3) is 0.667. The lowest BCUT2D eigenvalue weighted by atomic mass is 10.2. The zero-order chi connectivity index (χ0) is 14.5. The van der Waals surface area contributed by atoms with Crippen LogP contribution in [0.3, 0.4) is 0 Å². The number of aromatic nitrogens is 1. The molecule has 0 aromatic carbocycles. The maximum atomic E-state index is 9.29. The topological polar surface area (TPSA) is 42.8 Å². The van der Waals surface area contributed by atoms with Gasteiger partial charge in [-0.25, -0.2) is 4.98 Å². The van der Waals surface area contributed by atoms with Gasteiger partial charge in [0.05, 0.1) is 6.61 Å². The Balaban J connectivity index is 1.91. The van der Waals surface area contributed by atoms with Gasteiger partial charge in [-0.05, 0) is 38.7 Å². The summed E-state index contributed by atoms with van der Waals surface area (Å²) in [5.74, 6) is 1.00. The van der Waals surface area contributed by atoms with Crippen molar-refractivity contribution in [1.82, 2.24) is 14.8 Å². The summed E-state index contributed by atoms with van der Waals surface area (Å²) < 4.78 is 0. The molecular weight excluding hydrogens is 252 g/mol. The van der Waals surface area contributed by atoms with E-state index in [-0.39, 0.29) is 6.61 Å². The molecule has 1 N–H and O–H groups in total. The number of anilines is 1. The molecule has 1 saturated heterocycles. The van der Waals surface area contributed by atoms with E-state index in [9.17, 15) is 5.11 Å². The van der Waals surface area contributed by atoms with Crippen LogP contribution in [0, 0.1) is 6.92 Å². The Hall–Kier alpha value is -1.17. The number of pyridine rings is 1. The lowest BCUT2D eigenvalue weighted by Gasteiger charge is -2.36. The standard InChI is InChI=1S/C15H26N4O/c1-13-10-14(12-20)11-15(16-13)19-8-6-18(7-9-19)5-4-17(2)3/h10-11,20H,4-9,12H2,1-3H3. The largest absolute Gasteiger partial charge is 0.392 e. The van der Waals surface area contributed by atoms with E-state index in [2.05, 4.69) is 33.8 Å². The van der Waals surface area contributed by atoms with Crippen LogP contribution in [-0.2, 0) is 6.61 Å². The molecule has 5 heteroatoms. The van der Waals surface area contributed by atoms with Gasteiger partial charge in [0.2, 0.25) is 0 Å². The Kier molecular flexibility index (Phi) is 5.34. The maximum Gasteiger partial charge on any atom is 0.129 e. The summed E-state index contributed by atoms with van der Waals surface area (Å²) in [5.41, 5.74) is 1.92. The van der Waals surface area contributed by atoms with Crippen LogP contribution >= 0.6 is 0 Å². The van der Waals surface area contributed by atoms with Gasteiger partial charge in [0.1, 0.15) is 5.82 Å². The van der Waals surface area contributed by atoms with Gasteiger partial charge in [-0.3, -0.25) is 4.90 Å². The molecule has 1 aromatic rings. The molecule has 2 rings (SSSR count). The van der Waals surface area contributed by atoms with Gasteiger partial charge in [-0.1, -0.05) is 0 Å². The van der Waals surface area contributed by atoms with Gasteiger partial charge in [-0.2, -0.15) is 0 Å². The number of aliphatic hydroxyl groups excluding tert-OH is 1. The second kappa shape index (κ2) is 7.02. The number of hydrogen-bond donors (Lipinski definition) is 1. The molecule has 0 saturated carbocycles. The molecule has 2 heterocycles. The van der Waals surface area contributed by atoms with Gasteiger partial charge in [-0.15, -0.1) is 0 Å². The molecule has 1 fully saturated rings. The zero-order valence-electron chi connectivity index (χ0n) is 12.8. The normalized spacial score (nSPS) is 16.9. The fourth-order valence-electron chi connectivity index (χ4n) is 2.52. The number of rotatable bonds is 5. The fourth-order valence-corrected chi connectivity index (χ4v) is 2.52. The molecule has 112 valence electrons. The lowest BCUT2D eigenvalue weighted by Crippen LogP contribution is -2.48. The predicted molar refractivity (Wildman–Crippen MR) is 82.1 cm³/mol. The van der Waals surface area contributed by atoms with Crippen molar-refractivity contribution < 1.29 is 5.11 Å². The van der Waals surface area contributed by atoms with Crippen LogP contribution in [0.25, 0.3) is 0 Å². The van der Waals surface area contributed by atoms with E-state index in [1.54, 1.807) is 0 Å². The van der Waals surface area contributed by atoms with E-state index in [1.807, 2.05) is 19.1 Å².